The van der Waals surface area contributed by atoms with Crippen molar-refractivity contribution in [3.63, 3.8) is 0 Å². The Bertz CT molecular complexity index is 185. The molecule has 2 N–H and O–H groups in total. The highest BCUT2D eigenvalue weighted by atomic mass is 16.5. The fourth-order valence-electron chi connectivity index (χ4n) is 1.71. The molecule has 82 valence electrons. The van der Waals surface area contributed by atoms with Crippen molar-refractivity contribution in [1.29, 1.82) is 0 Å². The first-order valence-electron chi connectivity index (χ1n) is 5.35. The van der Waals surface area contributed by atoms with E-state index < -0.39 is 0 Å². The molecule has 0 aromatic carbocycles. The number of nitrogens with two attached hydrogens (primary N) is 1. The first kappa shape index (κ1) is 11.5. The maximum atomic E-state index is 11.8. The second-order valence-electron chi connectivity index (χ2n) is 3.67. The van der Waals surface area contributed by atoms with E-state index in [0.717, 1.165) is 25.9 Å². The Hall–Kier alpha value is -0.610. The Morgan fingerprint density at radius 2 is 2.07 bits per heavy atom. The summed E-state index contributed by atoms with van der Waals surface area (Å²) >= 11 is 0. The predicted molar refractivity (Wildman–Crippen MR) is 54.9 cm³/mol. The van der Waals surface area contributed by atoms with Crippen LogP contribution in [0.3, 0.4) is 0 Å². The largest absolute Gasteiger partial charge is 0.367 e. The van der Waals surface area contributed by atoms with E-state index in [0.29, 0.717) is 6.61 Å². The van der Waals surface area contributed by atoms with Crippen molar-refractivity contribution in [3.8, 4) is 0 Å². The smallest absolute Gasteiger partial charge is 0.251 e. The van der Waals surface area contributed by atoms with Crippen LogP contribution in [0.15, 0.2) is 0 Å². The molecule has 1 amide bonds. The van der Waals surface area contributed by atoms with Gasteiger partial charge in [0.05, 0.1) is 6.61 Å². The minimum atomic E-state index is -0.255. The SMILES string of the molecule is CCN(CC)C(=O)[C@@H]1CC[C@@H](N)CO1. The number of ether oxygens (including phenoxy) is 1. The standard InChI is InChI=1S/C10H20N2O2/c1-3-12(4-2)10(13)9-6-5-8(11)7-14-9/h8-9H,3-7,11H2,1-2H3/t8-,9+/m1/s1. The van der Waals surface area contributed by atoms with Crippen molar-refractivity contribution in [2.45, 2.75) is 38.8 Å². The van der Waals surface area contributed by atoms with Gasteiger partial charge in [-0.3, -0.25) is 4.79 Å². The summed E-state index contributed by atoms with van der Waals surface area (Å²) in [6.45, 7) is 5.98. The van der Waals surface area contributed by atoms with E-state index in [-0.39, 0.29) is 18.1 Å². The Labute approximate surface area is 85.4 Å². The highest BCUT2D eigenvalue weighted by Crippen LogP contribution is 2.14. The minimum absolute atomic E-state index is 0.107. The summed E-state index contributed by atoms with van der Waals surface area (Å²) in [6.07, 6.45) is 1.39. The van der Waals surface area contributed by atoms with Gasteiger partial charge >= 0.3 is 0 Å². The maximum absolute atomic E-state index is 11.8. The topological polar surface area (TPSA) is 55.6 Å². The zero-order valence-electron chi connectivity index (χ0n) is 9.03. The van der Waals surface area contributed by atoms with Gasteiger partial charge in [-0.05, 0) is 26.7 Å². The number of nitrogens with zero attached hydrogens (tertiary/aromatic N) is 1. The lowest BCUT2D eigenvalue weighted by molar-refractivity contribution is -0.146. The van der Waals surface area contributed by atoms with Crippen LogP contribution in [0, 0.1) is 0 Å². The summed E-state index contributed by atoms with van der Waals surface area (Å²) in [7, 11) is 0. The molecule has 1 aliphatic heterocycles. The number of hydrogen-bond donors (Lipinski definition) is 1. The van der Waals surface area contributed by atoms with Crippen LogP contribution >= 0.6 is 0 Å². The van der Waals surface area contributed by atoms with Crippen molar-refractivity contribution in [2.24, 2.45) is 5.73 Å². The molecule has 1 fully saturated rings. The molecule has 14 heavy (non-hydrogen) atoms. The third kappa shape index (κ3) is 2.69. The van der Waals surface area contributed by atoms with Crippen LogP contribution in [0.2, 0.25) is 0 Å². The molecule has 1 heterocycles. The Morgan fingerprint density at radius 1 is 1.43 bits per heavy atom. The van der Waals surface area contributed by atoms with Gasteiger partial charge < -0.3 is 15.4 Å². The molecule has 0 aromatic rings. The average molecular weight is 200 g/mol. The second-order valence-corrected chi connectivity index (χ2v) is 3.67. The minimum Gasteiger partial charge on any atom is -0.367 e. The second kappa shape index (κ2) is 5.32. The van der Waals surface area contributed by atoms with Crippen molar-refractivity contribution in [1.82, 2.24) is 4.90 Å². The van der Waals surface area contributed by atoms with Gasteiger partial charge in [0.15, 0.2) is 0 Å². The van der Waals surface area contributed by atoms with Crippen LogP contribution in [0.25, 0.3) is 0 Å². The van der Waals surface area contributed by atoms with Crippen LogP contribution in [0.5, 0.6) is 0 Å². The van der Waals surface area contributed by atoms with Crippen LogP contribution < -0.4 is 5.73 Å². The van der Waals surface area contributed by atoms with E-state index in [1.165, 1.54) is 0 Å². The Balaban J connectivity index is 2.44. The lowest BCUT2D eigenvalue weighted by Crippen LogP contribution is -2.45. The van der Waals surface area contributed by atoms with E-state index in [4.69, 9.17) is 10.5 Å². The van der Waals surface area contributed by atoms with E-state index in [1.54, 1.807) is 0 Å². The normalized spacial score (nSPS) is 27.4. The summed E-state index contributed by atoms with van der Waals surface area (Å²) < 4.78 is 5.42. The lowest BCUT2D eigenvalue weighted by atomic mass is 10.0. The van der Waals surface area contributed by atoms with Gasteiger partial charge in [0.2, 0.25) is 0 Å². The molecular formula is C10H20N2O2. The Morgan fingerprint density at radius 3 is 2.50 bits per heavy atom. The lowest BCUT2D eigenvalue weighted by Gasteiger charge is -2.30. The highest BCUT2D eigenvalue weighted by Gasteiger charge is 2.27. The Kier molecular flexibility index (Phi) is 4.35. The van der Waals surface area contributed by atoms with Gasteiger partial charge in [0.1, 0.15) is 6.10 Å². The average Bonchev–Trinajstić information content (AvgIpc) is 2.20. The van der Waals surface area contributed by atoms with Crippen molar-refractivity contribution >= 4 is 5.91 Å². The molecular weight excluding hydrogens is 180 g/mol. The quantitative estimate of drug-likeness (QED) is 0.715. The fraction of sp³-hybridized carbons (Fsp3) is 0.900. The van der Waals surface area contributed by atoms with E-state index in [2.05, 4.69) is 0 Å². The van der Waals surface area contributed by atoms with Crippen molar-refractivity contribution in [3.05, 3.63) is 0 Å². The van der Waals surface area contributed by atoms with Crippen LogP contribution in [0.1, 0.15) is 26.7 Å². The first-order chi connectivity index (χ1) is 6.69. The molecule has 4 heteroatoms. The van der Waals surface area contributed by atoms with Gasteiger partial charge in [0.25, 0.3) is 5.91 Å². The molecule has 0 radical (unpaired) electrons. The number of rotatable bonds is 3. The zero-order valence-corrected chi connectivity index (χ0v) is 9.03. The summed E-state index contributed by atoms with van der Waals surface area (Å²) in [6, 6.07) is 0.107. The van der Waals surface area contributed by atoms with E-state index >= 15 is 0 Å². The molecule has 1 saturated heterocycles. The third-order valence-corrected chi connectivity index (χ3v) is 2.66. The first-order valence-corrected chi connectivity index (χ1v) is 5.35. The van der Waals surface area contributed by atoms with Crippen molar-refractivity contribution in [2.75, 3.05) is 19.7 Å². The summed E-state index contributed by atoms with van der Waals surface area (Å²) in [5.41, 5.74) is 5.69. The molecule has 4 nitrogen and oxygen atoms in total. The van der Waals surface area contributed by atoms with Crippen LogP contribution in [0.4, 0.5) is 0 Å². The number of carbonyl (C=O) groups excluding carboxylic acids is 1. The predicted octanol–water partition coefficient (Wildman–Crippen LogP) is 0.361. The molecule has 1 aliphatic rings. The summed E-state index contributed by atoms with van der Waals surface area (Å²) in [4.78, 5) is 13.6. The number of amides is 1. The number of likely N-dealkylation sites (N-methyl/N-ethyl adjacent to an activating group) is 1. The molecule has 0 aliphatic carbocycles. The van der Waals surface area contributed by atoms with Crippen LogP contribution in [-0.2, 0) is 9.53 Å². The molecule has 0 aromatic heterocycles. The molecule has 0 saturated carbocycles. The molecule has 2 atom stereocenters. The van der Waals surface area contributed by atoms with Gasteiger partial charge in [-0.15, -0.1) is 0 Å². The number of carbonyl (C=O) groups is 1. The summed E-state index contributed by atoms with van der Waals surface area (Å²) in [5, 5.41) is 0. The van der Waals surface area contributed by atoms with Crippen LogP contribution in [-0.4, -0.2) is 42.6 Å². The van der Waals surface area contributed by atoms with Gasteiger partial charge in [-0.2, -0.15) is 0 Å². The molecule has 1 rings (SSSR count). The third-order valence-electron chi connectivity index (χ3n) is 2.66. The van der Waals surface area contributed by atoms with E-state index in [1.807, 2.05) is 18.7 Å². The fourth-order valence-corrected chi connectivity index (χ4v) is 1.71. The highest BCUT2D eigenvalue weighted by molar-refractivity contribution is 5.81. The maximum Gasteiger partial charge on any atom is 0.251 e. The number of hydrogen-bond acceptors (Lipinski definition) is 3. The van der Waals surface area contributed by atoms with Gasteiger partial charge in [-0.1, -0.05) is 0 Å². The zero-order chi connectivity index (χ0) is 10.6. The molecule has 0 spiro atoms. The van der Waals surface area contributed by atoms with Gasteiger partial charge in [-0.25, -0.2) is 0 Å². The summed E-state index contributed by atoms with van der Waals surface area (Å²) in [5.74, 6) is 0.113. The molecule has 0 unspecified atom stereocenters. The monoisotopic (exact) mass is 200 g/mol. The molecule has 0 bridgehead atoms. The van der Waals surface area contributed by atoms with Crippen molar-refractivity contribution < 1.29 is 9.53 Å². The van der Waals surface area contributed by atoms with E-state index in [9.17, 15) is 4.79 Å². The van der Waals surface area contributed by atoms with Gasteiger partial charge in [0, 0.05) is 19.1 Å².